The minimum absolute atomic E-state index is 0.109. The van der Waals surface area contributed by atoms with Gasteiger partial charge in [0.2, 0.25) is 0 Å². The van der Waals surface area contributed by atoms with E-state index in [0.717, 1.165) is 50.7 Å². The van der Waals surface area contributed by atoms with Crippen LogP contribution in [-0.2, 0) is 16.7 Å². The van der Waals surface area contributed by atoms with Gasteiger partial charge in [-0.25, -0.2) is 9.98 Å². The summed E-state index contributed by atoms with van der Waals surface area (Å²) in [5.74, 6) is 0.998. The number of rotatable bonds is 5. The predicted octanol–water partition coefficient (Wildman–Crippen LogP) is 3.41. The van der Waals surface area contributed by atoms with E-state index in [1.165, 1.54) is 5.01 Å². The minimum atomic E-state index is 0.109. The molecule has 5 nitrogen and oxygen atoms in total. The van der Waals surface area contributed by atoms with Crippen LogP contribution in [0.5, 0.6) is 0 Å². The van der Waals surface area contributed by atoms with E-state index >= 15 is 0 Å². The largest absolute Gasteiger partial charge is 0.378 e. The maximum absolute atomic E-state index is 5.74. The van der Waals surface area contributed by atoms with Crippen molar-refractivity contribution in [3.63, 3.8) is 0 Å². The average molecular weight is 353 g/mol. The molecule has 1 saturated heterocycles. The summed E-state index contributed by atoms with van der Waals surface area (Å²) in [6.45, 7) is 15.1. The Labute approximate surface area is 150 Å². The van der Waals surface area contributed by atoms with Gasteiger partial charge in [-0.15, -0.1) is 11.3 Å². The molecule has 1 N–H and O–H groups in total. The molecule has 0 radical (unpaired) electrons. The van der Waals surface area contributed by atoms with E-state index in [0.29, 0.717) is 12.6 Å². The molecule has 0 atom stereocenters. The summed E-state index contributed by atoms with van der Waals surface area (Å²) < 4.78 is 5.74. The lowest BCUT2D eigenvalue weighted by Gasteiger charge is -2.34. The Morgan fingerprint density at radius 1 is 1.38 bits per heavy atom. The fourth-order valence-electron chi connectivity index (χ4n) is 2.78. The van der Waals surface area contributed by atoms with Crippen molar-refractivity contribution in [1.29, 1.82) is 0 Å². The maximum Gasteiger partial charge on any atom is 0.194 e. The topological polar surface area (TPSA) is 49.8 Å². The molecule has 0 spiro atoms. The molecule has 0 aromatic carbocycles. The number of thiazole rings is 1. The lowest BCUT2D eigenvalue weighted by molar-refractivity contribution is 0.0263. The quantitative estimate of drug-likeness (QED) is 0.652. The molecule has 24 heavy (non-hydrogen) atoms. The average Bonchev–Trinajstić information content (AvgIpc) is 3.02. The third-order valence-electron chi connectivity index (χ3n) is 4.06. The lowest BCUT2D eigenvalue weighted by Crippen LogP contribution is -2.47. The fraction of sp³-hybridized carbons (Fsp3) is 0.778. The van der Waals surface area contributed by atoms with Crippen molar-refractivity contribution >= 4 is 17.3 Å². The zero-order valence-electron chi connectivity index (χ0n) is 15.8. The van der Waals surface area contributed by atoms with Crippen LogP contribution in [0.15, 0.2) is 10.4 Å². The van der Waals surface area contributed by atoms with Crippen LogP contribution in [0, 0.1) is 0 Å². The van der Waals surface area contributed by atoms with Crippen LogP contribution >= 0.6 is 11.3 Å². The van der Waals surface area contributed by atoms with Crippen molar-refractivity contribution in [3.05, 3.63) is 16.1 Å². The molecule has 6 heteroatoms. The van der Waals surface area contributed by atoms with Gasteiger partial charge in [0.1, 0.15) is 0 Å². The molecule has 0 unspecified atom stereocenters. The zero-order chi connectivity index (χ0) is 17.6. The van der Waals surface area contributed by atoms with Crippen molar-refractivity contribution in [2.24, 2.45) is 4.99 Å². The van der Waals surface area contributed by atoms with Crippen LogP contribution in [-0.4, -0.2) is 48.2 Å². The van der Waals surface area contributed by atoms with Gasteiger partial charge < -0.3 is 15.0 Å². The fourth-order valence-corrected chi connectivity index (χ4v) is 3.67. The van der Waals surface area contributed by atoms with E-state index in [4.69, 9.17) is 14.7 Å². The lowest BCUT2D eigenvalue weighted by atomic mass is 9.98. The molecule has 0 saturated carbocycles. The second kappa shape index (κ2) is 8.81. The van der Waals surface area contributed by atoms with Crippen LogP contribution in [0.1, 0.15) is 58.2 Å². The number of aromatic nitrogens is 1. The molecule has 1 aliphatic rings. The van der Waals surface area contributed by atoms with Crippen molar-refractivity contribution < 1.29 is 4.74 Å². The first-order valence-electron chi connectivity index (χ1n) is 9.03. The van der Waals surface area contributed by atoms with Crippen LogP contribution in [0.3, 0.4) is 0 Å². The number of aliphatic imine (C=N–C) groups is 1. The van der Waals surface area contributed by atoms with E-state index < -0.39 is 0 Å². The summed E-state index contributed by atoms with van der Waals surface area (Å²) in [4.78, 5) is 11.9. The van der Waals surface area contributed by atoms with Gasteiger partial charge in [-0.05, 0) is 26.7 Å². The molecular formula is C18H32N4OS. The third kappa shape index (κ3) is 5.45. The second-order valence-electron chi connectivity index (χ2n) is 7.21. The third-order valence-corrected chi connectivity index (χ3v) is 5.38. The van der Waals surface area contributed by atoms with Gasteiger partial charge in [0.15, 0.2) is 5.96 Å². The summed E-state index contributed by atoms with van der Waals surface area (Å²) in [7, 11) is 0. The molecule has 0 aliphatic carbocycles. The van der Waals surface area contributed by atoms with Crippen molar-refractivity contribution in [2.75, 3.05) is 26.2 Å². The first-order chi connectivity index (χ1) is 11.4. The summed E-state index contributed by atoms with van der Waals surface area (Å²) >= 11 is 1.73. The Morgan fingerprint density at radius 3 is 2.62 bits per heavy atom. The number of hydrogen-bond acceptors (Lipinski definition) is 4. The van der Waals surface area contributed by atoms with Gasteiger partial charge in [0.25, 0.3) is 0 Å². The van der Waals surface area contributed by atoms with E-state index in [1.807, 2.05) is 0 Å². The summed E-state index contributed by atoms with van der Waals surface area (Å²) in [5.41, 5.74) is 1.17. The highest BCUT2D eigenvalue weighted by atomic mass is 32.1. The molecule has 1 aliphatic heterocycles. The van der Waals surface area contributed by atoms with Gasteiger partial charge in [-0.2, -0.15) is 0 Å². The Balaban J connectivity index is 1.97. The number of likely N-dealkylation sites (tertiary alicyclic amines) is 1. The number of hydrogen-bond donors (Lipinski definition) is 1. The highest BCUT2D eigenvalue weighted by molar-refractivity contribution is 7.09. The standard InChI is InChI=1S/C18H32N4OS/c1-6-19-17(22-10-8-15(9-11-22)23-7-2)20-12-14-13-24-16(21-14)18(3,4)5/h13,15H,6-12H2,1-5H3,(H,19,20). The molecular weight excluding hydrogens is 320 g/mol. The summed E-state index contributed by atoms with van der Waals surface area (Å²) in [6.07, 6.45) is 2.55. The van der Waals surface area contributed by atoms with Crippen LogP contribution < -0.4 is 5.32 Å². The SMILES string of the molecule is CCNC(=NCc1csc(C(C)(C)C)n1)N1CCC(OCC)CC1. The molecule has 136 valence electrons. The molecule has 2 rings (SSSR count). The molecule has 1 aromatic heterocycles. The highest BCUT2D eigenvalue weighted by Gasteiger charge is 2.22. The minimum Gasteiger partial charge on any atom is -0.378 e. The molecule has 1 fully saturated rings. The van der Waals surface area contributed by atoms with E-state index in [1.54, 1.807) is 11.3 Å². The summed E-state index contributed by atoms with van der Waals surface area (Å²) in [6, 6.07) is 0. The van der Waals surface area contributed by atoms with Gasteiger partial charge in [0.05, 0.1) is 23.4 Å². The van der Waals surface area contributed by atoms with Crippen LogP contribution in [0.2, 0.25) is 0 Å². The number of piperidine rings is 1. The Kier molecular flexibility index (Phi) is 7.04. The smallest absolute Gasteiger partial charge is 0.194 e. The van der Waals surface area contributed by atoms with Gasteiger partial charge in [-0.3, -0.25) is 0 Å². The monoisotopic (exact) mass is 352 g/mol. The maximum atomic E-state index is 5.74. The van der Waals surface area contributed by atoms with Gasteiger partial charge in [-0.1, -0.05) is 20.8 Å². The number of nitrogens with one attached hydrogen (secondary N) is 1. The van der Waals surface area contributed by atoms with Crippen molar-refractivity contribution in [2.45, 2.75) is 65.5 Å². The molecule has 2 heterocycles. The van der Waals surface area contributed by atoms with E-state index in [-0.39, 0.29) is 5.41 Å². The van der Waals surface area contributed by atoms with Crippen molar-refractivity contribution in [1.82, 2.24) is 15.2 Å². The number of ether oxygens (including phenoxy) is 1. The number of nitrogens with zero attached hydrogens (tertiary/aromatic N) is 3. The van der Waals surface area contributed by atoms with Crippen LogP contribution in [0.4, 0.5) is 0 Å². The predicted molar refractivity (Wildman–Crippen MR) is 102 cm³/mol. The highest BCUT2D eigenvalue weighted by Crippen LogP contribution is 2.25. The Hall–Kier alpha value is -1.14. The second-order valence-corrected chi connectivity index (χ2v) is 8.06. The summed E-state index contributed by atoms with van der Waals surface area (Å²) in [5, 5.41) is 6.73. The van der Waals surface area contributed by atoms with Gasteiger partial charge >= 0.3 is 0 Å². The normalized spacial score (nSPS) is 17.4. The van der Waals surface area contributed by atoms with E-state index in [9.17, 15) is 0 Å². The first-order valence-corrected chi connectivity index (χ1v) is 9.91. The Morgan fingerprint density at radius 2 is 2.08 bits per heavy atom. The molecule has 0 amide bonds. The Bertz CT molecular complexity index is 527. The van der Waals surface area contributed by atoms with Crippen LogP contribution in [0.25, 0.3) is 0 Å². The zero-order valence-corrected chi connectivity index (χ0v) is 16.6. The first kappa shape index (κ1) is 19.2. The molecule has 1 aromatic rings. The molecule has 0 bridgehead atoms. The van der Waals surface area contributed by atoms with Crippen molar-refractivity contribution in [3.8, 4) is 0 Å². The van der Waals surface area contributed by atoms with Gasteiger partial charge in [0, 0.05) is 37.0 Å². The van der Waals surface area contributed by atoms with E-state index in [2.05, 4.69) is 50.2 Å². The number of guanidine groups is 1.